The first-order chi connectivity index (χ1) is 13.3. The molecule has 9 heteroatoms. The van der Waals surface area contributed by atoms with Crippen molar-refractivity contribution in [3.63, 3.8) is 0 Å². The predicted octanol–water partition coefficient (Wildman–Crippen LogP) is 2.32. The number of nitrogens with zero attached hydrogens (tertiary/aromatic N) is 1. The normalized spacial score (nSPS) is 21.6. The zero-order chi connectivity index (χ0) is 22.0. The van der Waals surface area contributed by atoms with E-state index in [1.165, 1.54) is 12.1 Å². The quantitative estimate of drug-likeness (QED) is 0.692. The summed E-state index contributed by atoms with van der Waals surface area (Å²) in [4.78, 5) is 26.6. The Bertz CT molecular complexity index is 727. The van der Waals surface area contributed by atoms with Crippen LogP contribution in [0.1, 0.15) is 44.4 Å². The molecule has 3 atom stereocenters. The van der Waals surface area contributed by atoms with E-state index in [9.17, 15) is 22.8 Å². The molecule has 1 aliphatic heterocycles. The van der Waals surface area contributed by atoms with E-state index in [4.69, 9.17) is 0 Å². The van der Waals surface area contributed by atoms with Gasteiger partial charge in [-0.05, 0) is 30.6 Å². The maximum Gasteiger partial charge on any atom is 0.393 e. The minimum absolute atomic E-state index is 0.0115. The Balaban J connectivity index is 2.17. The summed E-state index contributed by atoms with van der Waals surface area (Å²) in [6, 6.07) is 4.96. The maximum absolute atomic E-state index is 12.9. The lowest BCUT2D eigenvalue weighted by Gasteiger charge is -2.37. The molecule has 1 heterocycles. The van der Waals surface area contributed by atoms with Crippen LogP contribution in [0, 0.1) is 5.41 Å². The van der Waals surface area contributed by atoms with Crippen LogP contribution in [-0.2, 0) is 16.0 Å². The third-order valence-corrected chi connectivity index (χ3v) is 4.75. The molecule has 1 aromatic carbocycles. The Morgan fingerprint density at radius 2 is 1.79 bits per heavy atom. The minimum atomic E-state index is -4.27. The molecular weight excluding hydrogens is 385 g/mol. The van der Waals surface area contributed by atoms with Gasteiger partial charge in [-0.2, -0.15) is 13.2 Å². The summed E-state index contributed by atoms with van der Waals surface area (Å²) in [7, 11) is 3.55. The molecule has 2 unspecified atom stereocenters. The Kier molecular flexibility index (Phi) is 6.95. The van der Waals surface area contributed by atoms with Crippen molar-refractivity contribution >= 4 is 11.8 Å². The minimum Gasteiger partial charge on any atom is -0.347 e. The van der Waals surface area contributed by atoms with Gasteiger partial charge in [0.15, 0.2) is 0 Å². The molecule has 3 N–H and O–H groups in total. The first-order valence-corrected chi connectivity index (χ1v) is 9.44. The summed E-state index contributed by atoms with van der Waals surface area (Å²) in [6.45, 7) is 5.81. The molecule has 0 radical (unpaired) electrons. The van der Waals surface area contributed by atoms with Crippen LogP contribution in [0.3, 0.4) is 0 Å². The van der Waals surface area contributed by atoms with Gasteiger partial charge in [0.2, 0.25) is 11.8 Å². The van der Waals surface area contributed by atoms with Gasteiger partial charge in [0, 0.05) is 0 Å². The lowest BCUT2D eigenvalue weighted by molar-refractivity contribution is -0.134. The third-order valence-electron chi connectivity index (χ3n) is 4.75. The summed E-state index contributed by atoms with van der Waals surface area (Å²) in [6.07, 6.45) is -5.71. The van der Waals surface area contributed by atoms with Crippen LogP contribution in [0.15, 0.2) is 24.3 Å². The van der Waals surface area contributed by atoms with Gasteiger partial charge >= 0.3 is 6.18 Å². The number of halogens is 3. The fraction of sp³-hybridized carbons (Fsp3) is 0.600. The van der Waals surface area contributed by atoms with Crippen LogP contribution >= 0.6 is 0 Å². The van der Waals surface area contributed by atoms with Crippen molar-refractivity contribution in [2.75, 3.05) is 14.1 Å². The molecule has 0 aromatic heterocycles. The van der Waals surface area contributed by atoms with E-state index < -0.39 is 31.0 Å². The SMILES string of the molecule is CN(C)C1NC(=O)CC(C(=O)N[C@@H](c2ccc(CC(F)(F)F)cc2)C(C)(C)C)N1. The van der Waals surface area contributed by atoms with Crippen LogP contribution in [-0.4, -0.2) is 49.3 Å². The zero-order valence-electron chi connectivity index (χ0n) is 17.4. The van der Waals surface area contributed by atoms with Gasteiger partial charge in [0.25, 0.3) is 0 Å². The van der Waals surface area contributed by atoms with Crippen molar-refractivity contribution in [1.29, 1.82) is 0 Å². The molecule has 1 saturated heterocycles. The van der Waals surface area contributed by atoms with Crippen molar-refractivity contribution < 1.29 is 22.8 Å². The molecule has 0 bridgehead atoms. The van der Waals surface area contributed by atoms with Gasteiger partial charge in [0.1, 0.15) is 6.29 Å². The van der Waals surface area contributed by atoms with Crippen LogP contribution in [0.4, 0.5) is 13.2 Å². The average Bonchev–Trinajstić information content (AvgIpc) is 2.57. The molecule has 1 aromatic rings. The second-order valence-electron chi connectivity index (χ2n) is 8.70. The summed E-state index contributed by atoms with van der Waals surface area (Å²) >= 11 is 0. The van der Waals surface area contributed by atoms with Crippen LogP contribution in [0.25, 0.3) is 0 Å². The van der Waals surface area contributed by atoms with E-state index in [0.29, 0.717) is 5.56 Å². The van der Waals surface area contributed by atoms with E-state index in [0.717, 1.165) is 0 Å². The van der Waals surface area contributed by atoms with E-state index in [-0.39, 0.29) is 29.2 Å². The highest BCUT2D eigenvalue weighted by atomic mass is 19.4. The van der Waals surface area contributed by atoms with Gasteiger partial charge in [-0.3, -0.25) is 19.8 Å². The zero-order valence-corrected chi connectivity index (χ0v) is 17.4. The molecule has 2 amide bonds. The molecule has 0 aliphatic carbocycles. The fourth-order valence-corrected chi connectivity index (χ4v) is 3.24. The average molecular weight is 414 g/mol. The second-order valence-corrected chi connectivity index (χ2v) is 8.70. The molecule has 0 saturated carbocycles. The number of carbonyl (C=O) groups excluding carboxylic acids is 2. The monoisotopic (exact) mass is 414 g/mol. The van der Waals surface area contributed by atoms with Gasteiger partial charge in [-0.15, -0.1) is 0 Å². The standard InChI is InChI=1S/C20H29F3N4O2/c1-19(2,3)16(13-8-6-12(7-9-13)11-20(21,22)23)26-17(29)14-10-15(28)25-18(24-14)27(4)5/h6-9,14,16,18,24H,10-11H2,1-5H3,(H,25,28)(H,26,29)/t14?,16-,18?/m0/s1. The van der Waals surface area contributed by atoms with Gasteiger partial charge in [-0.25, -0.2) is 0 Å². The number of benzene rings is 1. The first kappa shape index (κ1) is 23.2. The molecule has 162 valence electrons. The van der Waals surface area contributed by atoms with E-state index in [1.54, 1.807) is 31.1 Å². The lowest BCUT2D eigenvalue weighted by Crippen LogP contribution is -2.65. The predicted molar refractivity (Wildman–Crippen MR) is 104 cm³/mol. The number of rotatable bonds is 5. The van der Waals surface area contributed by atoms with Crippen molar-refractivity contribution in [2.45, 2.75) is 58.2 Å². The highest BCUT2D eigenvalue weighted by molar-refractivity contribution is 5.89. The fourth-order valence-electron chi connectivity index (χ4n) is 3.24. The topological polar surface area (TPSA) is 73.5 Å². The number of amides is 2. The maximum atomic E-state index is 12.9. The summed E-state index contributed by atoms with van der Waals surface area (Å²) in [5.41, 5.74) is 0.486. The Hall–Kier alpha value is -2.13. The molecule has 6 nitrogen and oxygen atoms in total. The molecule has 2 rings (SSSR count). The highest BCUT2D eigenvalue weighted by Gasteiger charge is 2.35. The molecule has 29 heavy (non-hydrogen) atoms. The highest BCUT2D eigenvalue weighted by Crippen LogP contribution is 2.33. The largest absolute Gasteiger partial charge is 0.393 e. The summed E-state index contributed by atoms with van der Waals surface area (Å²) in [5, 5.41) is 8.80. The van der Waals surface area contributed by atoms with Crippen molar-refractivity contribution in [3.05, 3.63) is 35.4 Å². The lowest BCUT2D eigenvalue weighted by atomic mass is 9.82. The van der Waals surface area contributed by atoms with Crippen LogP contribution < -0.4 is 16.0 Å². The van der Waals surface area contributed by atoms with E-state index in [2.05, 4.69) is 16.0 Å². The number of alkyl halides is 3. The number of hydrogen-bond acceptors (Lipinski definition) is 4. The van der Waals surface area contributed by atoms with E-state index >= 15 is 0 Å². The Labute approximate surface area is 169 Å². The van der Waals surface area contributed by atoms with E-state index in [1.807, 2.05) is 20.8 Å². The Morgan fingerprint density at radius 3 is 2.28 bits per heavy atom. The number of hydrogen-bond donors (Lipinski definition) is 3. The molecule has 0 spiro atoms. The molecular formula is C20H29F3N4O2. The number of carbonyl (C=O) groups is 2. The Morgan fingerprint density at radius 1 is 1.21 bits per heavy atom. The van der Waals surface area contributed by atoms with Crippen molar-refractivity contribution in [3.8, 4) is 0 Å². The van der Waals surface area contributed by atoms with Crippen LogP contribution in [0.2, 0.25) is 0 Å². The third kappa shape index (κ3) is 6.71. The smallest absolute Gasteiger partial charge is 0.347 e. The van der Waals surface area contributed by atoms with Gasteiger partial charge in [-0.1, -0.05) is 45.0 Å². The van der Waals surface area contributed by atoms with Crippen molar-refractivity contribution in [2.24, 2.45) is 5.41 Å². The number of nitrogens with one attached hydrogen (secondary N) is 3. The second kappa shape index (κ2) is 8.71. The first-order valence-electron chi connectivity index (χ1n) is 9.44. The molecule has 1 aliphatic rings. The summed E-state index contributed by atoms with van der Waals surface area (Å²) in [5.74, 6) is -0.558. The summed E-state index contributed by atoms with van der Waals surface area (Å²) < 4.78 is 37.8. The van der Waals surface area contributed by atoms with Crippen molar-refractivity contribution in [1.82, 2.24) is 20.9 Å². The van der Waals surface area contributed by atoms with Gasteiger partial charge < -0.3 is 10.6 Å². The van der Waals surface area contributed by atoms with Gasteiger partial charge in [0.05, 0.1) is 24.9 Å². The molecule has 1 fully saturated rings. The van der Waals surface area contributed by atoms with Crippen LogP contribution in [0.5, 0.6) is 0 Å².